The van der Waals surface area contributed by atoms with Crippen LogP contribution in [0, 0.1) is 6.92 Å². The Morgan fingerprint density at radius 3 is 2.82 bits per heavy atom. The molecule has 39 heavy (non-hydrogen) atoms. The van der Waals surface area contributed by atoms with Gasteiger partial charge in [-0.2, -0.15) is 4.80 Å². The lowest BCUT2D eigenvalue weighted by molar-refractivity contribution is -0.142. The highest BCUT2D eigenvalue weighted by molar-refractivity contribution is 7.10. The van der Waals surface area contributed by atoms with Gasteiger partial charge < -0.3 is 24.1 Å². The number of nitrogens with one attached hydrogen (secondary N) is 1. The predicted molar refractivity (Wildman–Crippen MR) is 143 cm³/mol. The third-order valence-electron chi connectivity index (χ3n) is 6.89. The van der Waals surface area contributed by atoms with E-state index >= 15 is 0 Å². The zero-order valence-corrected chi connectivity index (χ0v) is 23.0. The van der Waals surface area contributed by atoms with Crippen LogP contribution in [0.25, 0.3) is 11.6 Å². The Morgan fingerprint density at radius 2 is 2.10 bits per heavy atom. The van der Waals surface area contributed by atoms with E-state index in [9.17, 15) is 9.59 Å². The average molecular weight is 558 g/mol. The summed E-state index contributed by atoms with van der Waals surface area (Å²) in [5.41, 5.74) is 0. The third-order valence-corrected chi connectivity index (χ3v) is 7.81. The van der Waals surface area contributed by atoms with E-state index in [-0.39, 0.29) is 24.5 Å². The second-order valence-electron chi connectivity index (χ2n) is 9.75. The largest absolute Gasteiger partial charge is 0.458 e. The van der Waals surface area contributed by atoms with Crippen molar-refractivity contribution in [3.63, 3.8) is 0 Å². The molecule has 0 bridgehead atoms. The first-order chi connectivity index (χ1) is 19.1. The summed E-state index contributed by atoms with van der Waals surface area (Å²) < 4.78 is 16.7. The SMILES string of the molecule is Cc1ccc(-c2nnn(CC(=O)N(CCCN3CCOCC3)[C@@H](C(=O)NC[C@H]3CCCO3)c3cccs3)n2)o1. The molecule has 0 aliphatic carbocycles. The van der Waals surface area contributed by atoms with Crippen LogP contribution in [0.2, 0.25) is 0 Å². The zero-order chi connectivity index (χ0) is 27.0. The van der Waals surface area contributed by atoms with Crippen LogP contribution in [0.4, 0.5) is 0 Å². The van der Waals surface area contributed by atoms with Crippen molar-refractivity contribution in [2.75, 3.05) is 52.5 Å². The van der Waals surface area contributed by atoms with Crippen molar-refractivity contribution in [1.82, 2.24) is 35.3 Å². The Bertz CT molecular complexity index is 1200. The molecule has 2 aliphatic rings. The van der Waals surface area contributed by atoms with Gasteiger partial charge in [0.1, 0.15) is 18.3 Å². The molecular formula is C26H35N7O5S. The van der Waals surface area contributed by atoms with Gasteiger partial charge in [-0.05, 0) is 55.0 Å². The number of morpholine rings is 1. The number of thiophene rings is 1. The number of furan rings is 1. The fraction of sp³-hybridized carbons (Fsp3) is 0.577. The van der Waals surface area contributed by atoms with E-state index in [1.54, 1.807) is 11.0 Å². The molecule has 0 saturated carbocycles. The smallest absolute Gasteiger partial charge is 0.248 e. The van der Waals surface area contributed by atoms with Crippen LogP contribution in [-0.2, 0) is 25.6 Å². The molecule has 210 valence electrons. The number of hydrogen-bond donors (Lipinski definition) is 1. The van der Waals surface area contributed by atoms with E-state index in [0.717, 1.165) is 43.1 Å². The molecular weight excluding hydrogens is 522 g/mol. The van der Waals surface area contributed by atoms with Gasteiger partial charge in [0.05, 0.1) is 19.3 Å². The Hall–Kier alpha value is -3.13. The molecule has 2 amide bonds. The molecule has 12 nitrogen and oxygen atoms in total. The lowest BCUT2D eigenvalue weighted by Crippen LogP contribution is -2.47. The standard InChI is InChI=1S/C26H35N7O5S/c1-19-7-8-21(38-19)25-28-30-33(29-25)18-23(34)32(10-4-9-31-11-14-36-15-12-31)24(22-6-3-16-39-22)26(35)27-17-20-5-2-13-37-20/h3,6-8,16,20,24H,2,4-5,9-15,17-18H2,1H3,(H,27,35)/t20-,24-/m1/s1. The highest BCUT2D eigenvalue weighted by atomic mass is 32.1. The Kier molecular flexibility index (Phi) is 9.35. The van der Waals surface area contributed by atoms with Gasteiger partial charge in [0, 0.05) is 44.2 Å². The number of aryl methyl sites for hydroxylation is 1. The molecule has 0 unspecified atom stereocenters. The van der Waals surface area contributed by atoms with E-state index in [1.165, 1.54) is 16.1 Å². The van der Waals surface area contributed by atoms with Crippen LogP contribution in [0.3, 0.4) is 0 Å². The molecule has 0 spiro atoms. The molecule has 2 saturated heterocycles. The number of carbonyl (C=O) groups is 2. The molecule has 2 fully saturated rings. The fourth-order valence-electron chi connectivity index (χ4n) is 4.85. The van der Waals surface area contributed by atoms with Crippen molar-refractivity contribution in [2.45, 2.75) is 44.9 Å². The maximum absolute atomic E-state index is 13.8. The lowest BCUT2D eigenvalue weighted by Gasteiger charge is -2.32. The summed E-state index contributed by atoms with van der Waals surface area (Å²) in [4.78, 5) is 33.4. The molecule has 2 atom stereocenters. The summed E-state index contributed by atoms with van der Waals surface area (Å²) in [6.45, 7) is 7.19. The van der Waals surface area contributed by atoms with E-state index in [2.05, 4.69) is 25.6 Å². The molecule has 0 radical (unpaired) electrons. The van der Waals surface area contributed by atoms with E-state index < -0.39 is 6.04 Å². The maximum atomic E-state index is 13.8. The van der Waals surface area contributed by atoms with Gasteiger partial charge >= 0.3 is 0 Å². The summed E-state index contributed by atoms with van der Waals surface area (Å²) >= 11 is 1.46. The Labute approximate surface area is 231 Å². The van der Waals surface area contributed by atoms with E-state index in [0.29, 0.717) is 50.9 Å². The minimum absolute atomic E-state index is 0.00594. The quantitative estimate of drug-likeness (QED) is 0.355. The summed E-state index contributed by atoms with van der Waals surface area (Å²) in [5, 5.41) is 17.4. The molecule has 1 N–H and O–H groups in total. The first kappa shape index (κ1) is 27.4. The molecule has 5 rings (SSSR count). The molecule has 3 aromatic rings. The van der Waals surface area contributed by atoms with Crippen molar-refractivity contribution >= 4 is 23.2 Å². The van der Waals surface area contributed by atoms with Gasteiger partial charge in [0.2, 0.25) is 17.6 Å². The number of hydrogen-bond acceptors (Lipinski definition) is 10. The molecule has 2 aliphatic heterocycles. The van der Waals surface area contributed by atoms with Crippen LogP contribution in [0.15, 0.2) is 34.1 Å². The third kappa shape index (κ3) is 7.29. The second kappa shape index (κ2) is 13.3. The maximum Gasteiger partial charge on any atom is 0.248 e. The van der Waals surface area contributed by atoms with E-state index in [1.807, 2.05) is 30.5 Å². The van der Waals surface area contributed by atoms with Crippen molar-refractivity contribution < 1.29 is 23.5 Å². The monoisotopic (exact) mass is 557 g/mol. The minimum atomic E-state index is -0.765. The number of ether oxygens (including phenoxy) is 2. The normalized spacial score (nSPS) is 18.7. The summed E-state index contributed by atoms with van der Waals surface area (Å²) in [7, 11) is 0. The topological polar surface area (TPSA) is 128 Å². The van der Waals surface area contributed by atoms with Crippen molar-refractivity contribution in [3.8, 4) is 11.6 Å². The van der Waals surface area contributed by atoms with Crippen LogP contribution in [0.5, 0.6) is 0 Å². The molecule has 13 heteroatoms. The van der Waals surface area contributed by atoms with Gasteiger partial charge in [-0.1, -0.05) is 6.07 Å². The summed E-state index contributed by atoms with van der Waals surface area (Å²) in [6, 6.07) is 6.61. The number of aromatic nitrogens is 4. The van der Waals surface area contributed by atoms with Gasteiger partial charge in [0.15, 0.2) is 5.76 Å². The van der Waals surface area contributed by atoms with Gasteiger partial charge in [-0.3, -0.25) is 14.5 Å². The minimum Gasteiger partial charge on any atom is -0.458 e. The van der Waals surface area contributed by atoms with Gasteiger partial charge in [-0.15, -0.1) is 21.5 Å². The number of rotatable bonds is 12. The van der Waals surface area contributed by atoms with E-state index in [4.69, 9.17) is 13.9 Å². The number of carbonyl (C=O) groups excluding carboxylic acids is 2. The van der Waals surface area contributed by atoms with Crippen LogP contribution in [0.1, 0.15) is 35.9 Å². The zero-order valence-electron chi connectivity index (χ0n) is 22.2. The van der Waals surface area contributed by atoms with Crippen molar-refractivity contribution in [1.29, 1.82) is 0 Å². The highest BCUT2D eigenvalue weighted by Crippen LogP contribution is 2.27. The summed E-state index contributed by atoms with van der Waals surface area (Å²) in [6.07, 6.45) is 2.63. The van der Waals surface area contributed by atoms with Crippen LogP contribution in [-0.4, -0.2) is 100 Å². The van der Waals surface area contributed by atoms with Crippen molar-refractivity contribution in [2.24, 2.45) is 0 Å². The van der Waals surface area contributed by atoms with Gasteiger partial charge in [-0.25, -0.2) is 0 Å². The number of amides is 2. The van der Waals surface area contributed by atoms with Gasteiger partial charge in [0.25, 0.3) is 0 Å². The van der Waals surface area contributed by atoms with Crippen molar-refractivity contribution in [3.05, 3.63) is 40.3 Å². The number of nitrogens with zero attached hydrogens (tertiary/aromatic N) is 6. The second-order valence-corrected chi connectivity index (χ2v) is 10.7. The van der Waals surface area contributed by atoms with Crippen LogP contribution < -0.4 is 5.32 Å². The Morgan fingerprint density at radius 1 is 1.23 bits per heavy atom. The molecule has 3 aromatic heterocycles. The predicted octanol–water partition coefficient (Wildman–Crippen LogP) is 1.89. The average Bonchev–Trinajstić information content (AvgIpc) is 3.76. The fourth-order valence-corrected chi connectivity index (χ4v) is 5.68. The Balaban J connectivity index is 1.32. The lowest BCUT2D eigenvalue weighted by atomic mass is 10.1. The summed E-state index contributed by atoms with van der Waals surface area (Å²) in [5.74, 6) is 1.04. The first-order valence-corrected chi connectivity index (χ1v) is 14.3. The highest BCUT2D eigenvalue weighted by Gasteiger charge is 2.33. The molecule has 0 aromatic carbocycles. The van der Waals surface area contributed by atoms with Crippen LogP contribution >= 0.6 is 11.3 Å². The molecule has 5 heterocycles. The first-order valence-electron chi connectivity index (χ1n) is 13.4. The number of tetrazole rings is 1.